The van der Waals surface area contributed by atoms with Crippen LogP contribution in [-0.2, 0) is 9.47 Å². The van der Waals surface area contributed by atoms with Gasteiger partial charge in [-0.3, -0.25) is 4.79 Å². The van der Waals surface area contributed by atoms with Crippen LogP contribution in [-0.4, -0.2) is 71.9 Å². The molecule has 0 aliphatic carbocycles. The van der Waals surface area contributed by atoms with Crippen molar-refractivity contribution >= 4 is 30.4 Å². The fourth-order valence-electron chi connectivity index (χ4n) is 3.22. The van der Waals surface area contributed by atoms with Gasteiger partial charge in [0.2, 0.25) is 0 Å². The Balaban J connectivity index is -0.000000348. The van der Waals surface area contributed by atoms with Crippen molar-refractivity contribution in [1.82, 2.24) is 14.9 Å². The van der Waals surface area contributed by atoms with E-state index in [9.17, 15) is 14.4 Å². The number of benzene rings is 2. The lowest BCUT2D eigenvalue weighted by Gasteiger charge is -2.23. The molecule has 0 unspecified atom stereocenters. The predicted molar refractivity (Wildman–Crippen MR) is 209 cm³/mol. The first kappa shape index (κ1) is 52.7. The van der Waals surface area contributed by atoms with E-state index in [1.807, 2.05) is 90.9 Å². The normalized spacial score (nSPS) is 10.1. The van der Waals surface area contributed by atoms with Crippen molar-refractivity contribution in [3.63, 3.8) is 0 Å². The number of carbonyl (C=O) groups is 3. The Labute approximate surface area is 304 Å². The standard InChI is InChI=1S/C19H30N2O3S.C8H17NO3.C7H8.2C2H6.CH4/c1-15(2)13-21(25-17-9-7-16(14-22)8-10-17)12-6-11-20-18(23)24-19(3,4)5;1-8(2,3)12-7(11)9-5-4-6-10;1-7-5-3-2-4-6-7;2*1-2;/h7-10,14-15H,6,11-13H2,1-5H3,(H,20,23);10H,4-6H2,1-3H3,(H,9,11);2-6H,1H3;2*1-2H3;1H4. The molecule has 284 valence electrons. The number of alkyl carbamates (subject to hydrolysis) is 2. The van der Waals surface area contributed by atoms with Crippen molar-refractivity contribution in [2.45, 2.75) is 126 Å². The summed E-state index contributed by atoms with van der Waals surface area (Å²) in [5.74, 6) is 0.542. The molecule has 2 aromatic rings. The number of nitrogens with one attached hydrogen (secondary N) is 2. The minimum atomic E-state index is -0.475. The molecule has 10 heteroatoms. The Morgan fingerprint density at radius 3 is 1.61 bits per heavy atom. The van der Waals surface area contributed by atoms with E-state index in [-0.39, 0.29) is 20.1 Å². The molecule has 0 heterocycles. The molecule has 2 amide bonds. The van der Waals surface area contributed by atoms with Crippen LogP contribution in [0.5, 0.6) is 0 Å². The molecule has 2 rings (SSSR count). The average Bonchev–Trinajstić information content (AvgIpc) is 3.01. The summed E-state index contributed by atoms with van der Waals surface area (Å²) >= 11 is 1.68. The monoisotopic (exact) mass is 710 g/mol. The zero-order valence-electron chi connectivity index (χ0n) is 32.1. The van der Waals surface area contributed by atoms with Crippen molar-refractivity contribution in [3.8, 4) is 0 Å². The van der Waals surface area contributed by atoms with Crippen LogP contribution >= 0.6 is 11.9 Å². The lowest BCUT2D eigenvalue weighted by molar-refractivity contribution is 0.0514. The Morgan fingerprint density at radius 2 is 1.27 bits per heavy atom. The third kappa shape index (κ3) is 37.6. The Bertz CT molecular complexity index is 1050. The number of hydrogen-bond acceptors (Lipinski definition) is 8. The molecule has 0 aromatic heterocycles. The highest BCUT2D eigenvalue weighted by Gasteiger charge is 2.16. The van der Waals surface area contributed by atoms with Gasteiger partial charge in [0.25, 0.3) is 0 Å². The van der Waals surface area contributed by atoms with Crippen LogP contribution in [0, 0.1) is 12.8 Å². The van der Waals surface area contributed by atoms with E-state index in [4.69, 9.17) is 14.6 Å². The number of rotatable bonds is 12. The van der Waals surface area contributed by atoms with Crippen molar-refractivity contribution < 1.29 is 29.0 Å². The molecule has 0 saturated carbocycles. The van der Waals surface area contributed by atoms with Gasteiger partial charge < -0.3 is 25.2 Å². The summed E-state index contributed by atoms with van der Waals surface area (Å²) in [4.78, 5) is 34.4. The molecular formula is C39H71N3O6S. The van der Waals surface area contributed by atoms with E-state index >= 15 is 0 Å². The first-order valence-corrected chi connectivity index (χ1v) is 17.9. The minimum absolute atomic E-state index is 0. The number of aliphatic hydroxyl groups excluding tert-OH is 1. The fraction of sp³-hybridized carbons (Fsp3) is 0.615. The van der Waals surface area contributed by atoms with E-state index in [0.717, 1.165) is 30.7 Å². The molecule has 0 bridgehead atoms. The zero-order valence-corrected chi connectivity index (χ0v) is 33.0. The predicted octanol–water partition coefficient (Wildman–Crippen LogP) is 9.96. The summed E-state index contributed by atoms with van der Waals surface area (Å²) in [5.41, 5.74) is 1.07. The van der Waals surface area contributed by atoms with Gasteiger partial charge in [0, 0.05) is 43.2 Å². The second-order valence-electron chi connectivity index (χ2n) is 12.5. The maximum atomic E-state index is 11.7. The molecule has 9 nitrogen and oxygen atoms in total. The van der Waals surface area contributed by atoms with Gasteiger partial charge in [-0.1, -0.05) is 97.0 Å². The lowest BCUT2D eigenvalue weighted by Crippen LogP contribution is -2.34. The first-order valence-electron chi connectivity index (χ1n) is 17.1. The number of hydrogen-bond donors (Lipinski definition) is 3. The SMILES string of the molecule is C.CC.CC.CC(C)(C)OC(=O)NCCCO.CC(C)CN(CCCNC(=O)OC(C)(C)C)Sc1ccc(C=O)cc1.Cc1ccccc1. The van der Waals surface area contributed by atoms with E-state index in [2.05, 4.69) is 47.8 Å². The van der Waals surface area contributed by atoms with Crippen molar-refractivity contribution in [2.75, 3.05) is 32.8 Å². The highest BCUT2D eigenvalue weighted by molar-refractivity contribution is 7.97. The molecule has 0 aliphatic heterocycles. The Hall–Kier alpha value is -3.08. The van der Waals surface area contributed by atoms with Crippen molar-refractivity contribution in [2.24, 2.45) is 5.92 Å². The third-order valence-electron chi connectivity index (χ3n) is 5.02. The highest BCUT2D eigenvalue weighted by Crippen LogP contribution is 2.24. The van der Waals surface area contributed by atoms with Crippen LogP contribution in [0.3, 0.4) is 0 Å². The Morgan fingerprint density at radius 1 is 0.816 bits per heavy atom. The maximum Gasteiger partial charge on any atom is 0.407 e. The van der Waals surface area contributed by atoms with E-state index in [1.54, 1.807) is 32.7 Å². The topological polar surface area (TPSA) is 117 Å². The molecule has 49 heavy (non-hydrogen) atoms. The quantitative estimate of drug-likeness (QED) is 0.113. The second kappa shape index (κ2) is 32.1. The molecule has 0 fully saturated rings. The summed E-state index contributed by atoms with van der Waals surface area (Å²) in [6.45, 7) is 28.3. The van der Waals surface area contributed by atoms with Crippen LogP contribution in [0.15, 0.2) is 59.5 Å². The molecule has 0 radical (unpaired) electrons. The number of nitrogens with zero attached hydrogens (tertiary/aromatic N) is 1. The number of aryl methyl sites for hydroxylation is 1. The van der Waals surface area contributed by atoms with Gasteiger partial charge >= 0.3 is 12.2 Å². The number of ether oxygens (including phenoxy) is 2. The van der Waals surface area contributed by atoms with Crippen LogP contribution in [0.1, 0.15) is 119 Å². The summed E-state index contributed by atoms with van der Waals surface area (Å²) < 4.78 is 12.5. The zero-order chi connectivity index (χ0) is 37.6. The van der Waals surface area contributed by atoms with Crippen LogP contribution in [0.2, 0.25) is 0 Å². The molecule has 0 atom stereocenters. The summed E-state index contributed by atoms with van der Waals surface area (Å²) in [7, 11) is 0. The Kier molecular flexibility index (Phi) is 34.6. The number of aldehydes is 1. The summed E-state index contributed by atoms with van der Waals surface area (Å²) in [6.07, 6.45) is 1.43. The highest BCUT2D eigenvalue weighted by atomic mass is 32.2. The van der Waals surface area contributed by atoms with E-state index in [0.29, 0.717) is 31.0 Å². The van der Waals surface area contributed by atoms with E-state index < -0.39 is 17.3 Å². The van der Waals surface area contributed by atoms with Crippen LogP contribution in [0.4, 0.5) is 9.59 Å². The smallest absolute Gasteiger partial charge is 0.407 e. The van der Waals surface area contributed by atoms with Gasteiger partial charge in [-0.05, 0) is 91.3 Å². The van der Waals surface area contributed by atoms with Gasteiger partial charge in [0.05, 0.1) is 0 Å². The van der Waals surface area contributed by atoms with Crippen LogP contribution < -0.4 is 10.6 Å². The average molecular weight is 710 g/mol. The number of amides is 2. The van der Waals surface area contributed by atoms with Gasteiger partial charge in [0.1, 0.15) is 17.5 Å². The molecular weight excluding hydrogens is 639 g/mol. The first-order chi connectivity index (χ1) is 22.5. The second-order valence-corrected chi connectivity index (χ2v) is 13.7. The maximum absolute atomic E-state index is 11.7. The molecule has 0 aliphatic rings. The van der Waals surface area contributed by atoms with Crippen molar-refractivity contribution in [3.05, 3.63) is 65.7 Å². The molecule has 0 saturated heterocycles. The minimum Gasteiger partial charge on any atom is -0.444 e. The summed E-state index contributed by atoms with van der Waals surface area (Å²) in [5, 5.41) is 13.7. The largest absolute Gasteiger partial charge is 0.444 e. The van der Waals surface area contributed by atoms with Gasteiger partial charge in [-0.25, -0.2) is 13.9 Å². The van der Waals surface area contributed by atoms with Gasteiger partial charge in [-0.2, -0.15) is 0 Å². The molecule has 0 spiro atoms. The lowest BCUT2D eigenvalue weighted by atomic mass is 10.2. The third-order valence-corrected chi connectivity index (χ3v) is 6.09. The fourth-order valence-corrected chi connectivity index (χ4v) is 4.36. The summed E-state index contributed by atoms with van der Waals surface area (Å²) in [6, 6.07) is 17.8. The number of aliphatic hydroxyl groups is 1. The van der Waals surface area contributed by atoms with Crippen LogP contribution in [0.25, 0.3) is 0 Å². The van der Waals surface area contributed by atoms with Crippen molar-refractivity contribution in [1.29, 1.82) is 0 Å². The van der Waals surface area contributed by atoms with E-state index in [1.165, 1.54) is 5.56 Å². The molecule has 3 N–H and O–H groups in total. The number of carbonyl (C=O) groups excluding carboxylic acids is 3. The van der Waals surface area contributed by atoms with Gasteiger partial charge in [-0.15, -0.1) is 0 Å². The molecule has 2 aromatic carbocycles. The van der Waals surface area contributed by atoms with Gasteiger partial charge in [0.15, 0.2) is 0 Å².